The Kier molecular flexibility index (Phi) is 48.7. The van der Waals surface area contributed by atoms with Gasteiger partial charge >= 0.3 is 12.2 Å². The van der Waals surface area contributed by atoms with Gasteiger partial charge in [0.1, 0.15) is 11.2 Å². The smallest absolute Gasteiger partial charge is 0.407 e. The van der Waals surface area contributed by atoms with Crippen molar-refractivity contribution in [2.24, 2.45) is 22.9 Å². The standard InChI is InChI=1S/C27H46N8O2.C27H62N8O2/c1-27(2,3)37-26(36)32-15-7-5-6-8-17-35(24-22-33(18-9-12-28)19-10-13-29)25-23-34(20-11-14-30)21-16-31-4;1-27(2,3)37-26(36)32-16-6-4-5-7-17-35(24-22-33(18-8-12-28)19-9-13-29)25-23-34(20-10-14-30)21-11-15-31/h5-11,15-25H2,1-3H3,(H,32,36);4-25,28-31H2,1-3H3,(H,32,36). The lowest BCUT2D eigenvalue weighted by Crippen LogP contribution is -2.42. The molecule has 0 aromatic carbocycles. The number of hydrogen-bond donors (Lipinski definition) is 6. The summed E-state index contributed by atoms with van der Waals surface area (Å²) in [5.41, 5.74) is 22.1. The van der Waals surface area contributed by atoms with Crippen LogP contribution in [0.25, 0.3) is 4.85 Å². The van der Waals surface area contributed by atoms with Crippen LogP contribution in [0.1, 0.15) is 138 Å². The zero-order valence-corrected chi connectivity index (χ0v) is 47.7. The second kappa shape index (κ2) is 49.9. The van der Waals surface area contributed by atoms with E-state index in [4.69, 9.17) is 54.8 Å². The Hall–Kier alpha value is -3.90. The zero-order chi connectivity index (χ0) is 55.6. The van der Waals surface area contributed by atoms with Crippen LogP contribution >= 0.6 is 0 Å². The van der Waals surface area contributed by atoms with Gasteiger partial charge in [0, 0.05) is 104 Å². The van der Waals surface area contributed by atoms with Gasteiger partial charge in [0.15, 0.2) is 0 Å². The molecular weight excluding hydrogens is 937 g/mol. The van der Waals surface area contributed by atoms with E-state index in [-0.39, 0.29) is 12.2 Å². The van der Waals surface area contributed by atoms with Crippen LogP contribution in [0.3, 0.4) is 0 Å². The van der Waals surface area contributed by atoms with E-state index in [2.05, 4.69) is 63.1 Å². The molecule has 74 heavy (non-hydrogen) atoms. The van der Waals surface area contributed by atoms with E-state index in [0.29, 0.717) is 65.1 Å². The number of nitrogens with two attached hydrogens (primary N) is 4. The molecule has 0 heterocycles. The second-order valence-corrected chi connectivity index (χ2v) is 20.9. The Bertz CT molecular complexity index is 1380. The predicted octanol–water partition coefficient (Wildman–Crippen LogP) is 5.01. The van der Waals surface area contributed by atoms with Crippen LogP contribution in [0, 0.1) is 40.6 Å². The van der Waals surface area contributed by atoms with E-state index < -0.39 is 11.2 Å². The average Bonchev–Trinajstić information content (AvgIpc) is 3.35. The fourth-order valence-corrected chi connectivity index (χ4v) is 7.86. The van der Waals surface area contributed by atoms with Crippen molar-refractivity contribution in [2.45, 2.75) is 149 Å². The summed E-state index contributed by atoms with van der Waals surface area (Å²) in [6.07, 6.45) is 13.1. The van der Waals surface area contributed by atoms with Crippen LogP contribution in [-0.2, 0) is 9.47 Å². The first-order valence-electron chi connectivity index (χ1n) is 28.0. The van der Waals surface area contributed by atoms with Gasteiger partial charge < -0.3 is 72.4 Å². The van der Waals surface area contributed by atoms with Crippen molar-refractivity contribution < 1.29 is 19.1 Å². The third-order valence-corrected chi connectivity index (χ3v) is 11.9. The summed E-state index contributed by atoms with van der Waals surface area (Å²) < 4.78 is 10.5. The van der Waals surface area contributed by atoms with Crippen LogP contribution in [0.4, 0.5) is 9.59 Å². The lowest BCUT2D eigenvalue weighted by molar-refractivity contribution is 0.0515. The highest BCUT2D eigenvalue weighted by atomic mass is 16.6. The molecule has 0 spiro atoms. The molecule has 0 radical (unpaired) electrons. The van der Waals surface area contributed by atoms with Gasteiger partial charge in [0.05, 0.1) is 24.8 Å². The number of ether oxygens (including phenoxy) is 2. The predicted molar refractivity (Wildman–Crippen MR) is 301 cm³/mol. The summed E-state index contributed by atoms with van der Waals surface area (Å²) in [6, 6.07) is 6.57. The zero-order valence-electron chi connectivity index (χ0n) is 47.7. The molecule has 0 aromatic rings. The number of rotatable bonds is 46. The normalized spacial score (nSPS) is 11.6. The lowest BCUT2D eigenvalue weighted by Gasteiger charge is -2.30. The molecule has 0 aliphatic rings. The topological polar surface area (TPSA) is 276 Å². The first-order valence-corrected chi connectivity index (χ1v) is 28.0. The summed E-state index contributed by atoms with van der Waals surface area (Å²) in [7, 11) is 0. The van der Waals surface area contributed by atoms with Crippen molar-refractivity contribution in [1.29, 1.82) is 15.8 Å². The van der Waals surface area contributed by atoms with Crippen LogP contribution < -0.4 is 33.6 Å². The summed E-state index contributed by atoms with van der Waals surface area (Å²) in [4.78, 5) is 41.4. The maximum absolute atomic E-state index is 11.8. The van der Waals surface area contributed by atoms with Crippen molar-refractivity contribution in [1.82, 2.24) is 40.0 Å². The highest BCUT2D eigenvalue weighted by molar-refractivity contribution is 5.67. The van der Waals surface area contributed by atoms with Gasteiger partial charge in [0.2, 0.25) is 6.54 Å². The SMILES string of the molecule is CC(C)(C)OC(=O)NCCCCCCN(CCN(CCCN)CCCN)CCN(CCCN)CCCN.[C-]#[N+]CCN(CCC#N)CCN(CCCCCCNC(=O)OC(C)(C)C)CCN(CCC#N)CCC#N. The molecule has 0 rings (SSSR count). The van der Waals surface area contributed by atoms with Gasteiger partial charge in [-0.1, -0.05) is 25.7 Å². The number of unbranched alkanes of at least 4 members (excludes halogenated alkanes) is 6. The fraction of sp³-hybridized carbons (Fsp3) is 0.889. The molecule has 0 aliphatic heterocycles. The van der Waals surface area contributed by atoms with Crippen molar-refractivity contribution in [3.63, 3.8) is 0 Å². The Morgan fingerprint density at radius 2 is 0.676 bits per heavy atom. The molecule has 20 nitrogen and oxygen atoms in total. The molecule has 0 aliphatic carbocycles. The second-order valence-electron chi connectivity index (χ2n) is 20.9. The van der Waals surface area contributed by atoms with Gasteiger partial charge in [0.25, 0.3) is 0 Å². The van der Waals surface area contributed by atoms with Crippen molar-refractivity contribution in [3.05, 3.63) is 11.4 Å². The number of carbonyl (C=O) groups is 2. The van der Waals surface area contributed by atoms with E-state index in [1.807, 2.05) is 41.5 Å². The number of carbonyl (C=O) groups excluding carboxylic acids is 2. The van der Waals surface area contributed by atoms with E-state index in [9.17, 15) is 9.59 Å². The molecule has 10 N–H and O–H groups in total. The van der Waals surface area contributed by atoms with Gasteiger partial charge in [-0.15, -0.1) is 0 Å². The Labute approximate surface area is 450 Å². The summed E-state index contributed by atoms with van der Waals surface area (Å²) in [5.74, 6) is 0. The van der Waals surface area contributed by atoms with Gasteiger partial charge in [-0.25, -0.2) is 16.2 Å². The summed E-state index contributed by atoms with van der Waals surface area (Å²) >= 11 is 0. The van der Waals surface area contributed by atoms with E-state index >= 15 is 0 Å². The number of hydrogen-bond acceptors (Lipinski definition) is 17. The minimum Gasteiger partial charge on any atom is -0.444 e. The van der Waals surface area contributed by atoms with E-state index in [1.165, 1.54) is 0 Å². The first-order chi connectivity index (χ1) is 35.5. The maximum Gasteiger partial charge on any atom is 0.407 e. The first kappa shape index (κ1) is 72.2. The number of nitrogens with zero attached hydrogens (tertiary/aromatic N) is 10. The molecule has 0 fully saturated rings. The largest absolute Gasteiger partial charge is 0.444 e. The summed E-state index contributed by atoms with van der Waals surface area (Å²) in [5, 5.41) is 32.5. The Morgan fingerprint density at radius 3 is 0.946 bits per heavy atom. The van der Waals surface area contributed by atoms with Gasteiger partial charge in [-0.05, 0) is 158 Å². The minimum absolute atomic E-state index is 0.332. The van der Waals surface area contributed by atoms with Crippen LogP contribution in [-0.4, -0.2) is 216 Å². The van der Waals surface area contributed by atoms with Gasteiger partial charge in [-0.2, -0.15) is 15.8 Å². The Morgan fingerprint density at radius 1 is 0.419 bits per heavy atom. The van der Waals surface area contributed by atoms with Crippen molar-refractivity contribution in [2.75, 3.05) is 164 Å². The molecule has 20 heteroatoms. The highest BCUT2D eigenvalue weighted by Gasteiger charge is 2.18. The van der Waals surface area contributed by atoms with Crippen LogP contribution in [0.15, 0.2) is 0 Å². The third-order valence-electron chi connectivity index (χ3n) is 11.9. The minimum atomic E-state index is -0.494. The highest BCUT2D eigenvalue weighted by Crippen LogP contribution is 2.10. The molecule has 2 amide bonds. The number of nitriles is 3. The number of nitrogens with one attached hydrogen (secondary N) is 2. The van der Waals surface area contributed by atoms with E-state index in [1.54, 1.807) is 0 Å². The van der Waals surface area contributed by atoms with Crippen molar-refractivity contribution >= 4 is 12.2 Å². The maximum atomic E-state index is 11.8. The Balaban J connectivity index is 0. The van der Waals surface area contributed by atoms with E-state index in [0.717, 1.165) is 195 Å². The van der Waals surface area contributed by atoms with Crippen LogP contribution in [0.5, 0.6) is 0 Å². The number of alkyl carbamates (subject to hydrolysis) is 2. The molecule has 0 aromatic heterocycles. The molecule has 428 valence electrons. The average molecular weight is 1050 g/mol. The lowest BCUT2D eigenvalue weighted by atomic mass is 10.2. The molecule has 0 bridgehead atoms. The molecule has 0 saturated heterocycles. The molecule has 0 saturated carbocycles. The number of amides is 2. The third kappa shape index (κ3) is 50.3. The monoisotopic (exact) mass is 1040 g/mol. The fourth-order valence-electron chi connectivity index (χ4n) is 7.86. The summed E-state index contributed by atoms with van der Waals surface area (Å²) in [6.45, 7) is 39.1. The molecule has 0 unspecified atom stereocenters. The van der Waals surface area contributed by atoms with Crippen molar-refractivity contribution in [3.8, 4) is 18.2 Å². The molecule has 0 atom stereocenters. The van der Waals surface area contributed by atoms with Gasteiger partial charge in [-0.3, -0.25) is 4.90 Å². The van der Waals surface area contributed by atoms with Crippen LogP contribution in [0.2, 0.25) is 0 Å². The quantitative estimate of drug-likeness (QED) is 0.0345. The molecular formula is C54H108N16O4.